The smallest absolute Gasteiger partial charge is 0.410 e. The summed E-state index contributed by atoms with van der Waals surface area (Å²) in [6.07, 6.45) is 5.19. The van der Waals surface area contributed by atoms with Gasteiger partial charge >= 0.3 is 6.09 Å². The molecule has 450 valence electrons. The van der Waals surface area contributed by atoms with E-state index < -0.39 is 120 Å². The second kappa shape index (κ2) is 30.2. The summed E-state index contributed by atoms with van der Waals surface area (Å²) in [4.78, 5) is 143. The highest BCUT2D eigenvalue weighted by Crippen LogP contribution is 2.24. The molecule has 0 bridgehead atoms. The number of benzene rings is 2. The van der Waals surface area contributed by atoms with Gasteiger partial charge in [0.25, 0.3) is 0 Å². The van der Waals surface area contributed by atoms with Gasteiger partial charge in [0.2, 0.25) is 47.3 Å². The lowest BCUT2D eigenvalue weighted by Gasteiger charge is -2.32. The molecular weight excluding hydrogens is 1070 g/mol. The summed E-state index contributed by atoms with van der Waals surface area (Å²) < 4.78 is 5.58. The van der Waals surface area contributed by atoms with Gasteiger partial charge in [-0.1, -0.05) is 88.4 Å². The molecule has 0 saturated carbocycles. The average Bonchev–Trinajstić information content (AvgIpc) is 4.50. The van der Waals surface area contributed by atoms with E-state index in [4.69, 9.17) is 10.5 Å². The number of carbonyl (C=O) groups is 9. The molecule has 0 aliphatic carbocycles. The van der Waals surface area contributed by atoms with Crippen LogP contribution in [-0.2, 0) is 68.8 Å². The molecular formula is C59H83N13O11. The number of ether oxygens (including phenoxy) is 1. The quantitative estimate of drug-likeness (QED) is 0.0390. The summed E-state index contributed by atoms with van der Waals surface area (Å²) in [6.45, 7) is 13.1. The van der Waals surface area contributed by atoms with Crippen molar-refractivity contribution in [2.75, 3.05) is 13.1 Å². The third-order valence-corrected chi connectivity index (χ3v) is 14.3. The van der Waals surface area contributed by atoms with Gasteiger partial charge < -0.3 is 62.3 Å². The molecule has 0 spiro atoms. The van der Waals surface area contributed by atoms with Gasteiger partial charge in [0.1, 0.15) is 47.9 Å². The Morgan fingerprint density at radius 3 is 1.60 bits per heavy atom. The van der Waals surface area contributed by atoms with Crippen molar-refractivity contribution in [3.8, 4) is 0 Å². The van der Waals surface area contributed by atoms with E-state index in [1.807, 2.05) is 33.8 Å². The fourth-order valence-corrected chi connectivity index (χ4v) is 10.3. The number of nitrogens with two attached hydrogens (primary N) is 1. The first-order valence-electron chi connectivity index (χ1n) is 28.6. The Kier molecular flexibility index (Phi) is 23.3. The number of rotatable bonds is 28. The minimum absolute atomic E-state index is 0.0287. The maximum Gasteiger partial charge on any atom is 0.410 e. The zero-order valence-electron chi connectivity index (χ0n) is 48.5. The first kappa shape index (κ1) is 64.0. The zero-order valence-corrected chi connectivity index (χ0v) is 48.5. The summed E-state index contributed by atoms with van der Waals surface area (Å²) in [5.74, 6) is -5.52. The predicted molar refractivity (Wildman–Crippen MR) is 306 cm³/mol. The SMILES string of the molecule is CC(C)C[C@H](NC(=O)C[C@H](O)[C@H](CC(C)C)NC(=O)[C@H](Cc1c[nH]cn1)NC(=O)[C@H](Cc1ccccc1)NC(=O)[C@@H]1CCCN1C(=O)[C@H](Cc1c[nH]cn1)NC(=O)[C@@H]1CCCN1C(=O)OC(C)(C)C)C(=O)N[C@@H](Cc1ccccc1)C(N)=O. The monoisotopic (exact) mass is 1150 g/mol. The van der Waals surface area contributed by atoms with E-state index in [9.17, 15) is 48.3 Å². The summed E-state index contributed by atoms with van der Waals surface area (Å²) in [5.41, 5.74) is 7.17. The average molecular weight is 1150 g/mol. The van der Waals surface area contributed by atoms with Crippen molar-refractivity contribution in [2.24, 2.45) is 17.6 Å². The van der Waals surface area contributed by atoms with Crippen molar-refractivity contribution in [1.29, 1.82) is 0 Å². The number of aliphatic hydroxyl groups excluding tert-OH is 1. The molecule has 9 amide bonds. The van der Waals surface area contributed by atoms with Crippen LogP contribution in [-0.4, -0.2) is 161 Å². The van der Waals surface area contributed by atoms with Gasteiger partial charge in [-0.2, -0.15) is 0 Å². The Hall–Kier alpha value is -8.15. The molecule has 11 N–H and O–H groups in total. The molecule has 0 unspecified atom stereocenters. The summed E-state index contributed by atoms with van der Waals surface area (Å²) in [5, 5.41) is 28.5. The summed E-state index contributed by atoms with van der Waals surface area (Å²) in [7, 11) is 0. The van der Waals surface area contributed by atoms with Crippen LogP contribution in [0.1, 0.15) is 116 Å². The molecule has 4 aromatic rings. The number of H-pyrrole nitrogens is 2. The van der Waals surface area contributed by atoms with E-state index in [1.54, 1.807) is 87.8 Å². The van der Waals surface area contributed by atoms with Gasteiger partial charge in [0, 0.05) is 51.2 Å². The highest BCUT2D eigenvalue weighted by Gasteiger charge is 2.43. The number of carbonyl (C=O) groups excluding carboxylic acids is 9. The van der Waals surface area contributed by atoms with Gasteiger partial charge in [0.05, 0.1) is 42.6 Å². The lowest BCUT2D eigenvalue weighted by atomic mass is 9.95. The molecule has 24 nitrogen and oxygen atoms in total. The molecule has 6 rings (SSSR count). The van der Waals surface area contributed by atoms with Crippen molar-refractivity contribution in [3.63, 3.8) is 0 Å². The van der Waals surface area contributed by atoms with E-state index in [-0.39, 0.29) is 69.9 Å². The minimum atomic E-state index is -1.48. The van der Waals surface area contributed by atoms with Crippen LogP contribution in [0.15, 0.2) is 85.7 Å². The van der Waals surface area contributed by atoms with E-state index in [0.717, 1.165) is 5.56 Å². The van der Waals surface area contributed by atoms with Crippen LogP contribution in [0.2, 0.25) is 0 Å². The predicted octanol–water partition coefficient (Wildman–Crippen LogP) is 2.03. The highest BCUT2D eigenvalue weighted by molar-refractivity contribution is 5.97. The Morgan fingerprint density at radius 2 is 1.08 bits per heavy atom. The number of primary amides is 1. The number of aliphatic hydroxyl groups is 1. The fourth-order valence-electron chi connectivity index (χ4n) is 10.3. The van der Waals surface area contributed by atoms with E-state index >= 15 is 0 Å². The lowest BCUT2D eigenvalue weighted by molar-refractivity contribution is -0.142. The highest BCUT2D eigenvalue weighted by atomic mass is 16.6. The van der Waals surface area contributed by atoms with Crippen molar-refractivity contribution >= 4 is 53.4 Å². The number of aromatic amines is 2. The Labute approximate surface area is 484 Å². The molecule has 9 atom stereocenters. The topological polar surface area (TPSA) is 345 Å². The first-order valence-corrected chi connectivity index (χ1v) is 28.6. The molecule has 24 heteroatoms. The minimum Gasteiger partial charge on any atom is -0.444 e. The molecule has 2 aromatic carbocycles. The molecule has 2 aliphatic heterocycles. The number of hydrogen-bond donors (Lipinski definition) is 10. The number of nitrogens with one attached hydrogen (secondary N) is 8. The Morgan fingerprint density at radius 1 is 0.614 bits per heavy atom. The lowest BCUT2D eigenvalue weighted by Crippen LogP contribution is -2.60. The zero-order chi connectivity index (χ0) is 60.4. The molecule has 83 heavy (non-hydrogen) atoms. The van der Waals surface area contributed by atoms with E-state index in [2.05, 4.69) is 51.8 Å². The van der Waals surface area contributed by atoms with Crippen molar-refractivity contribution in [3.05, 3.63) is 108 Å². The van der Waals surface area contributed by atoms with Crippen molar-refractivity contribution in [1.82, 2.24) is 61.6 Å². The standard InChI is InChI=1S/C59H83N13O11/c1-35(2)24-41(49(73)30-50(74)65-43(25-36(3)4)52(76)67-42(51(60)75)26-37-16-10-8-11-17-37)66-54(78)45(28-39-31-61-33-63-39)68-53(77)44(27-38-18-12-9-13-19-38)69-55(79)47-20-14-22-71(47)57(81)46(29-40-32-62-34-64-40)70-56(80)48-21-15-23-72(48)58(82)83-59(5,6)7/h8-13,16-19,31-36,41-49,73H,14-15,20-30H2,1-7H3,(H2,60,75)(H,61,63)(H,62,64)(H,65,74)(H,66,78)(H,67,76)(H,68,77)(H,69,79)(H,70,80)/t41-,42-,43-,44-,45-,46-,47-,48-,49-/m0/s1. The van der Waals surface area contributed by atoms with Crippen LogP contribution < -0.4 is 37.6 Å². The number of imidazole rings is 2. The number of likely N-dealkylation sites (tertiary alicyclic amines) is 2. The fraction of sp³-hybridized carbons (Fsp3) is 0.542. The molecule has 2 aromatic heterocycles. The number of aromatic nitrogens is 4. The summed E-state index contributed by atoms with van der Waals surface area (Å²) >= 11 is 0. The third kappa shape index (κ3) is 19.8. The Balaban J connectivity index is 1.17. The first-order chi connectivity index (χ1) is 39.4. The normalized spacial score (nSPS) is 17.8. The molecule has 4 heterocycles. The number of amides is 9. The Bertz CT molecular complexity index is 2790. The maximum atomic E-state index is 14.7. The molecule has 0 radical (unpaired) electrons. The van der Waals surface area contributed by atoms with Gasteiger partial charge in [-0.05, 0) is 82.3 Å². The third-order valence-electron chi connectivity index (χ3n) is 14.3. The number of nitrogens with zero attached hydrogens (tertiary/aromatic N) is 4. The second-order valence-corrected chi connectivity index (χ2v) is 23.3. The van der Waals surface area contributed by atoms with Crippen molar-refractivity contribution in [2.45, 2.75) is 179 Å². The van der Waals surface area contributed by atoms with Crippen LogP contribution in [0.3, 0.4) is 0 Å². The van der Waals surface area contributed by atoms with E-state index in [1.165, 1.54) is 22.5 Å². The van der Waals surface area contributed by atoms with Gasteiger partial charge in [0.15, 0.2) is 0 Å². The maximum absolute atomic E-state index is 14.7. The molecule has 2 saturated heterocycles. The summed E-state index contributed by atoms with van der Waals surface area (Å²) in [6, 6.07) is 8.88. The molecule has 2 fully saturated rings. The van der Waals surface area contributed by atoms with Crippen LogP contribution in [0.4, 0.5) is 4.79 Å². The van der Waals surface area contributed by atoms with E-state index in [0.29, 0.717) is 36.2 Å². The van der Waals surface area contributed by atoms with Gasteiger partial charge in [-0.15, -0.1) is 0 Å². The largest absolute Gasteiger partial charge is 0.444 e. The molecule has 2 aliphatic rings. The van der Waals surface area contributed by atoms with Gasteiger partial charge in [-0.3, -0.25) is 43.3 Å². The van der Waals surface area contributed by atoms with Gasteiger partial charge in [-0.25, -0.2) is 14.8 Å². The van der Waals surface area contributed by atoms with Crippen LogP contribution in [0.25, 0.3) is 0 Å². The number of hydrogen-bond acceptors (Lipinski definition) is 13. The van der Waals surface area contributed by atoms with Crippen LogP contribution >= 0.6 is 0 Å². The van der Waals surface area contributed by atoms with Crippen LogP contribution in [0, 0.1) is 11.8 Å². The second-order valence-electron chi connectivity index (χ2n) is 23.3. The van der Waals surface area contributed by atoms with Crippen LogP contribution in [0.5, 0.6) is 0 Å². The van der Waals surface area contributed by atoms with Crippen molar-refractivity contribution < 1.29 is 53.0 Å².